The third kappa shape index (κ3) is 2.48. The smallest absolute Gasteiger partial charge is 0.131 e. The lowest BCUT2D eigenvalue weighted by Crippen LogP contribution is -2.16. The van der Waals surface area contributed by atoms with Crippen molar-refractivity contribution in [2.75, 3.05) is 0 Å². The molecule has 14 heavy (non-hydrogen) atoms. The fourth-order valence-corrected chi connectivity index (χ4v) is 1.68. The second-order valence-corrected chi connectivity index (χ2v) is 4.05. The van der Waals surface area contributed by atoms with Gasteiger partial charge in [0.2, 0.25) is 0 Å². The molecule has 1 aromatic rings. The van der Waals surface area contributed by atoms with Gasteiger partial charge in [0.1, 0.15) is 11.6 Å². The van der Waals surface area contributed by atoms with Gasteiger partial charge in [0.15, 0.2) is 0 Å². The van der Waals surface area contributed by atoms with Gasteiger partial charge < -0.3 is 10.5 Å². The maximum atomic E-state index is 7.43. The van der Waals surface area contributed by atoms with E-state index >= 15 is 0 Å². The van der Waals surface area contributed by atoms with E-state index in [2.05, 4.69) is 15.9 Å². The van der Waals surface area contributed by atoms with Crippen molar-refractivity contribution in [2.24, 2.45) is 5.73 Å². The largest absolute Gasteiger partial charge is 0.490 e. The quantitative estimate of drug-likeness (QED) is 0.645. The molecule has 1 aromatic carbocycles. The van der Waals surface area contributed by atoms with E-state index in [0.29, 0.717) is 11.3 Å². The second-order valence-electron chi connectivity index (χ2n) is 3.19. The molecule has 0 fully saturated rings. The zero-order valence-electron chi connectivity index (χ0n) is 8.17. The van der Waals surface area contributed by atoms with Gasteiger partial charge in [0, 0.05) is 4.47 Å². The molecule has 3 nitrogen and oxygen atoms in total. The van der Waals surface area contributed by atoms with Gasteiger partial charge in [-0.05, 0) is 41.9 Å². The first-order valence-corrected chi connectivity index (χ1v) is 5.11. The molecular weight excluding hydrogens is 244 g/mol. The van der Waals surface area contributed by atoms with Crippen molar-refractivity contribution in [3.8, 4) is 5.75 Å². The lowest BCUT2D eigenvalue weighted by molar-refractivity contribution is 0.242. The number of hydrogen-bond acceptors (Lipinski definition) is 2. The molecule has 0 atom stereocenters. The van der Waals surface area contributed by atoms with E-state index < -0.39 is 0 Å². The number of rotatable bonds is 3. The van der Waals surface area contributed by atoms with Crippen LogP contribution in [0.4, 0.5) is 0 Å². The number of hydrogen-bond donors (Lipinski definition) is 2. The van der Waals surface area contributed by atoms with E-state index in [9.17, 15) is 0 Å². The zero-order valence-corrected chi connectivity index (χ0v) is 9.76. The van der Waals surface area contributed by atoms with Gasteiger partial charge in [0.05, 0.1) is 11.7 Å². The summed E-state index contributed by atoms with van der Waals surface area (Å²) in [6.45, 7) is 3.87. The monoisotopic (exact) mass is 256 g/mol. The molecule has 0 bridgehead atoms. The van der Waals surface area contributed by atoms with Crippen LogP contribution in [0.25, 0.3) is 0 Å². The molecule has 0 unspecified atom stereocenters. The van der Waals surface area contributed by atoms with Gasteiger partial charge in [0.25, 0.3) is 0 Å². The molecule has 1 rings (SSSR count). The van der Waals surface area contributed by atoms with Crippen LogP contribution in [0, 0.1) is 5.41 Å². The number of amidine groups is 1. The highest BCUT2D eigenvalue weighted by Crippen LogP contribution is 2.26. The van der Waals surface area contributed by atoms with Crippen LogP contribution in [0.3, 0.4) is 0 Å². The van der Waals surface area contributed by atoms with Crippen LogP contribution in [-0.4, -0.2) is 11.9 Å². The molecule has 0 aliphatic rings. The molecule has 0 aliphatic heterocycles. The summed E-state index contributed by atoms with van der Waals surface area (Å²) >= 11 is 3.34. The normalized spacial score (nSPS) is 10.3. The predicted octanol–water partition coefficient (Wildman–Crippen LogP) is 2.52. The van der Waals surface area contributed by atoms with Crippen molar-refractivity contribution in [3.05, 3.63) is 28.2 Å². The summed E-state index contributed by atoms with van der Waals surface area (Å²) in [6.07, 6.45) is 0.0717. The van der Waals surface area contributed by atoms with Crippen molar-refractivity contribution in [1.29, 1.82) is 5.41 Å². The minimum Gasteiger partial charge on any atom is -0.490 e. The Labute approximate surface area is 91.9 Å². The van der Waals surface area contributed by atoms with E-state index in [1.54, 1.807) is 0 Å². The summed E-state index contributed by atoms with van der Waals surface area (Å²) in [5.41, 5.74) is 6.08. The first-order valence-electron chi connectivity index (χ1n) is 4.32. The lowest BCUT2D eigenvalue weighted by Gasteiger charge is -2.14. The van der Waals surface area contributed by atoms with Crippen molar-refractivity contribution in [2.45, 2.75) is 20.0 Å². The minimum absolute atomic E-state index is 0.00752. The van der Waals surface area contributed by atoms with Crippen LogP contribution >= 0.6 is 15.9 Å². The summed E-state index contributed by atoms with van der Waals surface area (Å²) in [7, 11) is 0. The maximum Gasteiger partial charge on any atom is 0.131 e. The molecule has 4 heteroatoms. The summed E-state index contributed by atoms with van der Waals surface area (Å²) in [5, 5.41) is 7.43. The Morgan fingerprint density at radius 2 is 2.14 bits per heavy atom. The SMILES string of the molecule is CC(C)Oc1cccc(Br)c1C(=N)N. The molecule has 0 aromatic heterocycles. The Hall–Kier alpha value is -1.03. The van der Waals surface area contributed by atoms with Crippen molar-refractivity contribution in [1.82, 2.24) is 0 Å². The third-order valence-electron chi connectivity index (χ3n) is 1.61. The van der Waals surface area contributed by atoms with Gasteiger partial charge >= 0.3 is 0 Å². The van der Waals surface area contributed by atoms with Crippen LogP contribution in [0.1, 0.15) is 19.4 Å². The summed E-state index contributed by atoms with van der Waals surface area (Å²) in [4.78, 5) is 0. The average molecular weight is 257 g/mol. The van der Waals surface area contributed by atoms with Crippen LogP contribution < -0.4 is 10.5 Å². The molecule has 0 spiro atoms. The van der Waals surface area contributed by atoms with E-state index in [-0.39, 0.29) is 11.9 Å². The van der Waals surface area contributed by atoms with Crippen LogP contribution in [0.5, 0.6) is 5.75 Å². The number of nitrogens with one attached hydrogen (secondary N) is 1. The van der Waals surface area contributed by atoms with Gasteiger partial charge in [-0.2, -0.15) is 0 Å². The first kappa shape index (κ1) is 11.0. The average Bonchev–Trinajstić information content (AvgIpc) is 2.01. The standard InChI is InChI=1S/C10H13BrN2O/c1-6(2)14-8-5-3-4-7(11)9(8)10(12)13/h3-6H,1-2H3,(H3,12,13). The Kier molecular flexibility index (Phi) is 3.52. The molecule has 76 valence electrons. The number of nitrogen functional groups attached to an aromatic ring is 1. The van der Waals surface area contributed by atoms with Gasteiger partial charge in [-0.25, -0.2) is 0 Å². The van der Waals surface area contributed by atoms with E-state index in [0.717, 1.165) is 4.47 Å². The topological polar surface area (TPSA) is 59.1 Å². The van der Waals surface area contributed by atoms with E-state index in [1.807, 2.05) is 32.0 Å². The third-order valence-corrected chi connectivity index (χ3v) is 2.27. The van der Waals surface area contributed by atoms with Gasteiger partial charge in [-0.1, -0.05) is 6.07 Å². The summed E-state index contributed by atoms with van der Waals surface area (Å²) in [6, 6.07) is 5.50. The Morgan fingerprint density at radius 3 is 2.64 bits per heavy atom. The van der Waals surface area contributed by atoms with E-state index in [1.165, 1.54) is 0 Å². The fraction of sp³-hybridized carbons (Fsp3) is 0.300. The predicted molar refractivity (Wildman–Crippen MR) is 60.9 cm³/mol. The Balaban J connectivity index is 3.14. The van der Waals surface area contributed by atoms with Crippen LogP contribution in [0.2, 0.25) is 0 Å². The molecule has 0 radical (unpaired) electrons. The highest BCUT2D eigenvalue weighted by molar-refractivity contribution is 9.10. The number of ether oxygens (including phenoxy) is 1. The summed E-state index contributed by atoms with van der Waals surface area (Å²) < 4.78 is 6.32. The number of nitrogens with two attached hydrogens (primary N) is 1. The zero-order chi connectivity index (χ0) is 10.7. The molecule has 0 aliphatic carbocycles. The molecule has 0 amide bonds. The van der Waals surface area contributed by atoms with Gasteiger partial charge in [-0.15, -0.1) is 0 Å². The van der Waals surface area contributed by atoms with Crippen molar-refractivity contribution >= 4 is 21.8 Å². The van der Waals surface area contributed by atoms with Crippen molar-refractivity contribution < 1.29 is 4.74 Å². The van der Waals surface area contributed by atoms with Crippen molar-refractivity contribution in [3.63, 3.8) is 0 Å². The number of halogens is 1. The molecule has 3 N–H and O–H groups in total. The van der Waals surface area contributed by atoms with Crippen LogP contribution in [-0.2, 0) is 0 Å². The maximum absolute atomic E-state index is 7.43. The fourth-order valence-electron chi connectivity index (χ4n) is 1.12. The van der Waals surface area contributed by atoms with Crippen LogP contribution in [0.15, 0.2) is 22.7 Å². The summed E-state index contributed by atoms with van der Waals surface area (Å²) in [5.74, 6) is 0.648. The lowest BCUT2D eigenvalue weighted by atomic mass is 10.2. The number of benzene rings is 1. The second kappa shape index (κ2) is 4.46. The Bertz CT molecular complexity index is 350. The molecular formula is C10H13BrN2O. The highest BCUT2D eigenvalue weighted by atomic mass is 79.9. The minimum atomic E-state index is 0.00752. The Morgan fingerprint density at radius 1 is 1.50 bits per heavy atom. The highest BCUT2D eigenvalue weighted by Gasteiger charge is 2.11. The van der Waals surface area contributed by atoms with Gasteiger partial charge in [-0.3, -0.25) is 5.41 Å². The van der Waals surface area contributed by atoms with E-state index in [4.69, 9.17) is 15.9 Å². The molecule has 0 heterocycles. The molecule has 0 saturated heterocycles. The molecule has 0 saturated carbocycles. The first-order chi connectivity index (χ1) is 6.52.